The maximum absolute atomic E-state index is 11.7. The molecule has 33 heavy (non-hydrogen) atoms. The van der Waals surface area contributed by atoms with Gasteiger partial charge in [0.05, 0.1) is 0 Å². The van der Waals surface area contributed by atoms with Crippen LogP contribution < -0.4 is 29.6 Å². The van der Waals surface area contributed by atoms with E-state index in [9.17, 15) is 14.4 Å². The molecular weight excluding hydrogens is 443 g/mol. The van der Waals surface area contributed by atoms with E-state index in [2.05, 4.69) is 15.3 Å². The largest absolute Gasteiger partial charge is 1.00 e. The number of aromatic nitrogens is 4. The van der Waals surface area contributed by atoms with Gasteiger partial charge in [-0.25, -0.2) is 14.4 Å². The van der Waals surface area contributed by atoms with Gasteiger partial charge in [0.15, 0.2) is 5.69 Å². The Bertz CT molecular complexity index is 847. The number of aromatic amines is 1. The van der Waals surface area contributed by atoms with Crippen LogP contribution in [0.5, 0.6) is 0 Å². The Morgan fingerprint density at radius 2 is 1.30 bits per heavy atom. The van der Waals surface area contributed by atoms with E-state index in [1.165, 1.54) is 18.5 Å². The van der Waals surface area contributed by atoms with Crippen molar-refractivity contribution in [2.45, 2.75) is 79.1 Å². The van der Waals surface area contributed by atoms with Gasteiger partial charge in [-0.1, -0.05) is 0 Å². The fourth-order valence-corrected chi connectivity index (χ4v) is 1.88. The zero-order chi connectivity index (χ0) is 24.0. The summed E-state index contributed by atoms with van der Waals surface area (Å²) in [5, 5.41) is 10.0. The standard InChI is InChI=1S/C13H20N2O4.C8H12N2O2.Na.H2O/c1-12(2,3)18-10(16)9-7-8-15(14-9)11(17)19-13(4,5)6;1-8(2,3)12-7(11)6-4-5-9-10-6;;/h7-8H,1-6H3;4-5H,1-3H3,(H,9,10);;1H2/q;;+1;/p-1. The molecule has 0 spiro atoms. The molecule has 0 atom stereocenters. The number of H-pyrrole nitrogens is 1. The molecule has 0 aromatic carbocycles. The van der Waals surface area contributed by atoms with E-state index < -0.39 is 28.9 Å². The summed E-state index contributed by atoms with van der Waals surface area (Å²) in [5.74, 6) is -0.949. The Morgan fingerprint density at radius 3 is 1.73 bits per heavy atom. The molecule has 0 saturated carbocycles. The molecule has 0 saturated heterocycles. The second kappa shape index (κ2) is 12.9. The van der Waals surface area contributed by atoms with Crippen molar-refractivity contribution < 1.29 is 63.6 Å². The number of carbonyl (C=O) groups is 3. The van der Waals surface area contributed by atoms with Gasteiger partial charge in [-0.15, -0.1) is 0 Å². The van der Waals surface area contributed by atoms with E-state index in [1.54, 1.807) is 47.6 Å². The molecule has 0 bridgehead atoms. The topological polar surface area (TPSA) is 155 Å². The van der Waals surface area contributed by atoms with Crippen molar-refractivity contribution in [2.75, 3.05) is 0 Å². The third-order valence-corrected chi connectivity index (χ3v) is 2.90. The van der Waals surface area contributed by atoms with Crippen LogP contribution >= 0.6 is 0 Å². The Balaban J connectivity index is 0. The molecule has 0 amide bonds. The van der Waals surface area contributed by atoms with Crippen LogP contribution in [0.1, 0.15) is 83.3 Å². The van der Waals surface area contributed by atoms with Gasteiger partial charge < -0.3 is 19.7 Å². The Hall–Kier alpha value is -2.21. The third kappa shape index (κ3) is 13.8. The minimum Gasteiger partial charge on any atom is -0.870 e. The van der Waals surface area contributed by atoms with Crippen LogP contribution in [0.3, 0.4) is 0 Å². The molecule has 0 aliphatic rings. The molecule has 0 aliphatic heterocycles. The van der Waals surface area contributed by atoms with E-state index >= 15 is 0 Å². The SMILES string of the molecule is CC(C)(C)OC(=O)c1ccn(C(=O)OC(C)(C)C)n1.CC(C)(C)OC(=O)c1ccn[nH]1.[Na+].[OH-]. The van der Waals surface area contributed by atoms with Crippen molar-refractivity contribution in [1.82, 2.24) is 20.0 Å². The van der Waals surface area contributed by atoms with Crippen LogP contribution in [0, 0.1) is 0 Å². The number of nitrogens with zero attached hydrogens (tertiary/aromatic N) is 3. The Labute approximate surface area is 216 Å². The first-order valence-corrected chi connectivity index (χ1v) is 9.72. The molecule has 2 rings (SSSR count). The van der Waals surface area contributed by atoms with Crippen LogP contribution in [-0.4, -0.2) is 60.3 Å². The van der Waals surface area contributed by atoms with E-state index in [-0.39, 0.29) is 46.7 Å². The number of ether oxygens (including phenoxy) is 3. The number of hydrogen-bond acceptors (Lipinski definition) is 9. The number of nitrogens with one attached hydrogen (secondary N) is 1. The number of rotatable bonds is 2. The molecular formula is C21H33N4NaO7. The first-order valence-electron chi connectivity index (χ1n) is 9.72. The number of esters is 2. The summed E-state index contributed by atoms with van der Waals surface area (Å²) in [6.45, 7) is 16.0. The molecule has 180 valence electrons. The van der Waals surface area contributed by atoms with Crippen molar-refractivity contribution in [3.63, 3.8) is 0 Å². The van der Waals surface area contributed by atoms with Gasteiger partial charge in [0.2, 0.25) is 0 Å². The van der Waals surface area contributed by atoms with E-state index in [1.807, 2.05) is 20.8 Å². The van der Waals surface area contributed by atoms with Crippen LogP contribution in [0.4, 0.5) is 4.79 Å². The van der Waals surface area contributed by atoms with E-state index in [0.717, 1.165) is 4.68 Å². The molecule has 11 nitrogen and oxygen atoms in total. The second-order valence-corrected chi connectivity index (χ2v) is 9.60. The van der Waals surface area contributed by atoms with Gasteiger partial charge in [0, 0.05) is 12.4 Å². The monoisotopic (exact) mass is 476 g/mol. The van der Waals surface area contributed by atoms with Crippen LogP contribution in [0.2, 0.25) is 0 Å². The summed E-state index contributed by atoms with van der Waals surface area (Å²) in [6.07, 6.45) is 2.24. The van der Waals surface area contributed by atoms with Gasteiger partial charge in [0.1, 0.15) is 22.5 Å². The summed E-state index contributed by atoms with van der Waals surface area (Å²) < 4.78 is 16.3. The molecule has 0 radical (unpaired) electrons. The molecule has 2 aromatic rings. The number of carbonyl (C=O) groups excluding carboxylic acids is 3. The molecule has 2 heterocycles. The molecule has 0 aliphatic carbocycles. The first-order chi connectivity index (χ1) is 14.0. The summed E-state index contributed by atoms with van der Waals surface area (Å²) >= 11 is 0. The van der Waals surface area contributed by atoms with Crippen LogP contribution in [-0.2, 0) is 14.2 Å². The van der Waals surface area contributed by atoms with Crippen molar-refractivity contribution in [3.8, 4) is 0 Å². The molecule has 2 N–H and O–H groups in total. The Morgan fingerprint density at radius 1 is 0.818 bits per heavy atom. The van der Waals surface area contributed by atoms with Crippen LogP contribution in [0.25, 0.3) is 0 Å². The Kier molecular flexibility index (Phi) is 12.9. The second-order valence-electron chi connectivity index (χ2n) is 9.60. The summed E-state index contributed by atoms with van der Waals surface area (Å²) in [7, 11) is 0. The zero-order valence-electron chi connectivity index (χ0n) is 21.0. The van der Waals surface area contributed by atoms with E-state index in [0.29, 0.717) is 5.69 Å². The normalized spacial score (nSPS) is 11.1. The van der Waals surface area contributed by atoms with Crippen LogP contribution in [0.15, 0.2) is 24.5 Å². The summed E-state index contributed by atoms with van der Waals surface area (Å²) in [4.78, 5) is 34.7. The minimum atomic E-state index is -0.637. The molecule has 2 aromatic heterocycles. The van der Waals surface area contributed by atoms with Gasteiger partial charge in [-0.2, -0.15) is 14.9 Å². The summed E-state index contributed by atoms with van der Waals surface area (Å²) in [6, 6.07) is 2.99. The zero-order valence-corrected chi connectivity index (χ0v) is 23.0. The third-order valence-electron chi connectivity index (χ3n) is 2.90. The summed E-state index contributed by atoms with van der Waals surface area (Å²) in [5.41, 5.74) is -1.23. The fourth-order valence-electron chi connectivity index (χ4n) is 1.88. The quantitative estimate of drug-likeness (QED) is 0.376. The maximum atomic E-state index is 11.7. The predicted molar refractivity (Wildman–Crippen MR) is 115 cm³/mol. The van der Waals surface area contributed by atoms with Crippen molar-refractivity contribution in [3.05, 3.63) is 35.9 Å². The molecule has 0 fully saturated rings. The minimum absolute atomic E-state index is 0. The fraction of sp³-hybridized carbons (Fsp3) is 0.571. The van der Waals surface area contributed by atoms with Crippen molar-refractivity contribution in [1.29, 1.82) is 0 Å². The average Bonchev–Trinajstić information content (AvgIpc) is 3.23. The smallest absolute Gasteiger partial charge is 0.870 e. The van der Waals surface area contributed by atoms with Gasteiger partial charge in [0.25, 0.3) is 0 Å². The van der Waals surface area contributed by atoms with Crippen molar-refractivity contribution in [2.24, 2.45) is 0 Å². The van der Waals surface area contributed by atoms with E-state index in [4.69, 9.17) is 14.2 Å². The van der Waals surface area contributed by atoms with Gasteiger partial charge in [-0.05, 0) is 74.4 Å². The first kappa shape index (κ1) is 33.0. The molecule has 12 heteroatoms. The maximum Gasteiger partial charge on any atom is 1.00 e. The predicted octanol–water partition coefficient (Wildman–Crippen LogP) is 0.814. The van der Waals surface area contributed by atoms with Gasteiger partial charge >= 0.3 is 47.6 Å². The van der Waals surface area contributed by atoms with Crippen molar-refractivity contribution >= 4 is 18.0 Å². The average molecular weight is 477 g/mol. The van der Waals surface area contributed by atoms with Gasteiger partial charge in [-0.3, -0.25) is 5.10 Å². The molecule has 0 unspecified atom stereocenters. The number of hydrogen-bond donors (Lipinski definition) is 1.